The standard InChI is InChI=1S/C23H27ClF3N3O3/c1-22(2,3)29(4)21(32)33-18-13-19(31)30(17-11-9-16(24)10-12-17)20(28-18)14-5-7-15(8-6-14)23(25,26)27/h9-15H,5-8H2,1-4H3. The van der Waals surface area contributed by atoms with Crippen molar-refractivity contribution in [2.75, 3.05) is 7.05 Å². The first-order chi connectivity index (χ1) is 15.3. The van der Waals surface area contributed by atoms with Gasteiger partial charge in [-0.25, -0.2) is 4.79 Å². The van der Waals surface area contributed by atoms with E-state index < -0.39 is 35.2 Å². The number of hydrogen-bond acceptors (Lipinski definition) is 4. The summed E-state index contributed by atoms with van der Waals surface area (Å²) in [4.78, 5) is 31.4. The minimum absolute atomic E-state index is 0.0541. The predicted molar refractivity (Wildman–Crippen MR) is 119 cm³/mol. The Morgan fingerprint density at radius 1 is 1.12 bits per heavy atom. The number of ether oxygens (including phenoxy) is 1. The molecule has 2 aromatic rings. The molecule has 1 fully saturated rings. The summed E-state index contributed by atoms with van der Waals surface area (Å²) >= 11 is 5.96. The lowest BCUT2D eigenvalue weighted by molar-refractivity contribution is -0.182. The van der Waals surface area contributed by atoms with E-state index in [2.05, 4.69) is 4.98 Å². The molecule has 10 heteroatoms. The van der Waals surface area contributed by atoms with Gasteiger partial charge in [-0.3, -0.25) is 9.36 Å². The Hall–Kier alpha value is -2.55. The highest BCUT2D eigenvalue weighted by molar-refractivity contribution is 6.30. The van der Waals surface area contributed by atoms with E-state index in [0.29, 0.717) is 10.7 Å². The molecular weight excluding hydrogens is 459 g/mol. The smallest absolute Gasteiger partial charge is 0.391 e. The van der Waals surface area contributed by atoms with Gasteiger partial charge in [0.25, 0.3) is 5.56 Å². The summed E-state index contributed by atoms with van der Waals surface area (Å²) < 4.78 is 46.2. The molecule has 0 radical (unpaired) electrons. The molecule has 1 amide bonds. The van der Waals surface area contributed by atoms with Crippen LogP contribution < -0.4 is 10.3 Å². The van der Waals surface area contributed by atoms with Crippen LogP contribution in [0.3, 0.4) is 0 Å². The highest BCUT2D eigenvalue weighted by atomic mass is 35.5. The zero-order valence-corrected chi connectivity index (χ0v) is 19.7. The molecule has 33 heavy (non-hydrogen) atoms. The van der Waals surface area contributed by atoms with Gasteiger partial charge in [-0.15, -0.1) is 0 Å². The van der Waals surface area contributed by atoms with Gasteiger partial charge in [0.15, 0.2) is 0 Å². The topological polar surface area (TPSA) is 64.4 Å². The Balaban J connectivity index is 2.00. The Morgan fingerprint density at radius 2 is 1.70 bits per heavy atom. The Labute approximate surface area is 195 Å². The van der Waals surface area contributed by atoms with Gasteiger partial charge in [-0.1, -0.05) is 11.6 Å². The number of amides is 1. The molecule has 0 bridgehead atoms. The molecule has 3 rings (SSSR count). The normalized spacial score (nSPS) is 19.3. The van der Waals surface area contributed by atoms with E-state index in [9.17, 15) is 22.8 Å². The van der Waals surface area contributed by atoms with Crippen LogP contribution in [0.4, 0.5) is 18.0 Å². The summed E-state index contributed by atoms with van der Waals surface area (Å²) in [6, 6.07) is 7.60. The first kappa shape index (κ1) is 25.1. The molecule has 1 aromatic carbocycles. The van der Waals surface area contributed by atoms with Crippen LogP contribution >= 0.6 is 11.6 Å². The summed E-state index contributed by atoms with van der Waals surface area (Å²) in [6.45, 7) is 5.47. The molecule has 0 spiro atoms. The van der Waals surface area contributed by atoms with Crippen LogP contribution in [-0.2, 0) is 0 Å². The van der Waals surface area contributed by atoms with Gasteiger partial charge in [0.05, 0.1) is 17.7 Å². The van der Waals surface area contributed by atoms with Gasteiger partial charge in [-0.2, -0.15) is 18.2 Å². The first-order valence-corrected chi connectivity index (χ1v) is 11.1. The molecule has 1 aliphatic carbocycles. The highest BCUT2D eigenvalue weighted by Crippen LogP contribution is 2.42. The van der Waals surface area contributed by atoms with Gasteiger partial charge < -0.3 is 9.64 Å². The number of benzene rings is 1. The van der Waals surface area contributed by atoms with Crippen molar-refractivity contribution in [3.05, 3.63) is 51.5 Å². The number of carbonyl (C=O) groups excluding carboxylic acids is 1. The maximum Gasteiger partial charge on any atom is 0.416 e. The van der Waals surface area contributed by atoms with E-state index in [1.165, 1.54) is 9.47 Å². The molecule has 6 nitrogen and oxygen atoms in total. The number of hydrogen-bond donors (Lipinski definition) is 0. The Kier molecular flexibility index (Phi) is 7.12. The lowest BCUT2D eigenvalue weighted by Gasteiger charge is -2.31. The number of alkyl halides is 3. The summed E-state index contributed by atoms with van der Waals surface area (Å²) in [5, 5.41) is 0.475. The quantitative estimate of drug-likeness (QED) is 0.538. The molecular formula is C23H27ClF3N3O3. The molecule has 0 saturated heterocycles. The first-order valence-electron chi connectivity index (χ1n) is 10.7. The van der Waals surface area contributed by atoms with Crippen LogP contribution in [-0.4, -0.2) is 39.3 Å². The molecule has 180 valence electrons. The van der Waals surface area contributed by atoms with Crippen molar-refractivity contribution in [3.8, 4) is 11.6 Å². The lowest BCUT2D eigenvalue weighted by atomic mass is 9.81. The van der Waals surface area contributed by atoms with Crippen LogP contribution in [0.1, 0.15) is 58.2 Å². The van der Waals surface area contributed by atoms with E-state index in [0.717, 1.165) is 6.07 Å². The highest BCUT2D eigenvalue weighted by Gasteiger charge is 2.42. The van der Waals surface area contributed by atoms with Crippen molar-refractivity contribution in [2.24, 2.45) is 5.92 Å². The summed E-state index contributed by atoms with van der Waals surface area (Å²) in [5.41, 5.74) is -0.537. The van der Waals surface area contributed by atoms with Crippen molar-refractivity contribution in [3.63, 3.8) is 0 Å². The fourth-order valence-corrected chi connectivity index (χ4v) is 3.89. The molecule has 0 aliphatic heterocycles. The third-order valence-electron chi connectivity index (χ3n) is 6.03. The molecule has 1 aliphatic rings. The van der Waals surface area contributed by atoms with Crippen molar-refractivity contribution in [2.45, 2.75) is 64.1 Å². The summed E-state index contributed by atoms with van der Waals surface area (Å²) in [5.74, 6) is -1.68. The minimum Gasteiger partial charge on any atom is -0.391 e. The molecule has 1 aromatic heterocycles. The van der Waals surface area contributed by atoms with Crippen LogP contribution in [0.25, 0.3) is 5.69 Å². The van der Waals surface area contributed by atoms with E-state index in [-0.39, 0.29) is 37.4 Å². The van der Waals surface area contributed by atoms with Crippen molar-refractivity contribution in [1.29, 1.82) is 0 Å². The van der Waals surface area contributed by atoms with E-state index in [1.807, 2.05) is 20.8 Å². The molecule has 1 saturated carbocycles. The maximum absolute atomic E-state index is 13.2. The van der Waals surface area contributed by atoms with Crippen LogP contribution in [0.2, 0.25) is 5.02 Å². The number of nitrogens with zero attached hydrogens (tertiary/aromatic N) is 3. The van der Waals surface area contributed by atoms with Crippen LogP contribution in [0.5, 0.6) is 5.88 Å². The van der Waals surface area contributed by atoms with E-state index in [1.54, 1.807) is 31.3 Å². The SMILES string of the molecule is CN(C(=O)Oc1cc(=O)n(-c2ccc(Cl)cc2)c(C2CCC(C(F)(F)F)CC2)n1)C(C)(C)C. The predicted octanol–water partition coefficient (Wildman–Crippen LogP) is 5.95. The van der Waals surface area contributed by atoms with E-state index in [4.69, 9.17) is 16.3 Å². The average Bonchev–Trinajstić information content (AvgIpc) is 2.72. The second kappa shape index (κ2) is 9.37. The second-order valence-electron chi connectivity index (χ2n) is 9.29. The van der Waals surface area contributed by atoms with Gasteiger partial charge in [0, 0.05) is 23.5 Å². The van der Waals surface area contributed by atoms with Crippen molar-refractivity contribution in [1.82, 2.24) is 14.5 Å². The molecule has 0 unspecified atom stereocenters. The average molecular weight is 486 g/mol. The van der Waals surface area contributed by atoms with Gasteiger partial charge >= 0.3 is 12.3 Å². The van der Waals surface area contributed by atoms with Crippen LogP contribution in [0, 0.1) is 5.92 Å². The summed E-state index contributed by atoms with van der Waals surface area (Å²) in [7, 11) is 1.57. The number of carbonyl (C=O) groups is 1. The lowest BCUT2D eigenvalue weighted by Crippen LogP contribution is -2.44. The fourth-order valence-electron chi connectivity index (χ4n) is 3.76. The number of aromatic nitrogens is 2. The summed E-state index contributed by atoms with van der Waals surface area (Å²) in [6.07, 6.45) is -4.62. The van der Waals surface area contributed by atoms with E-state index >= 15 is 0 Å². The van der Waals surface area contributed by atoms with Crippen LogP contribution in [0.15, 0.2) is 35.1 Å². The van der Waals surface area contributed by atoms with Gasteiger partial charge in [0.2, 0.25) is 5.88 Å². The molecule has 0 N–H and O–H groups in total. The number of rotatable bonds is 3. The molecule has 0 atom stereocenters. The molecule has 1 heterocycles. The monoisotopic (exact) mass is 485 g/mol. The van der Waals surface area contributed by atoms with Crippen molar-refractivity contribution < 1.29 is 22.7 Å². The maximum atomic E-state index is 13.2. The van der Waals surface area contributed by atoms with Crippen molar-refractivity contribution >= 4 is 17.7 Å². The largest absolute Gasteiger partial charge is 0.416 e. The van der Waals surface area contributed by atoms with Gasteiger partial charge in [-0.05, 0) is 70.7 Å². The Bertz CT molecular complexity index is 1050. The van der Waals surface area contributed by atoms with Gasteiger partial charge in [0.1, 0.15) is 5.82 Å². The Morgan fingerprint density at radius 3 is 2.21 bits per heavy atom. The zero-order chi connectivity index (χ0) is 24.6. The number of halogens is 4. The third kappa shape index (κ3) is 5.88. The minimum atomic E-state index is -4.25. The zero-order valence-electron chi connectivity index (χ0n) is 18.9. The second-order valence-corrected chi connectivity index (χ2v) is 9.73. The third-order valence-corrected chi connectivity index (χ3v) is 6.29. The fraction of sp³-hybridized carbons (Fsp3) is 0.522.